The van der Waals surface area contributed by atoms with Crippen LogP contribution >= 0.6 is 11.3 Å². The minimum absolute atomic E-state index is 0.141. The van der Waals surface area contributed by atoms with Gasteiger partial charge in [0.1, 0.15) is 0 Å². The Morgan fingerprint density at radius 1 is 1.53 bits per heavy atom. The summed E-state index contributed by atoms with van der Waals surface area (Å²) in [5.41, 5.74) is 5.26. The molecule has 1 atom stereocenters. The van der Waals surface area contributed by atoms with Crippen LogP contribution in [-0.4, -0.2) is 9.78 Å². The minimum atomic E-state index is 0.141. The number of rotatable bonds is 4. The molecule has 4 nitrogen and oxygen atoms in total. The highest BCUT2D eigenvalue weighted by atomic mass is 32.1. The van der Waals surface area contributed by atoms with Gasteiger partial charge in [-0.2, -0.15) is 5.10 Å². The van der Waals surface area contributed by atoms with E-state index >= 15 is 0 Å². The summed E-state index contributed by atoms with van der Waals surface area (Å²) in [5.74, 6) is 5.64. The van der Waals surface area contributed by atoms with Gasteiger partial charge in [-0.1, -0.05) is 0 Å². The van der Waals surface area contributed by atoms with Crippen LogP contribution in [0, 0.1) is 13.8 Å². The predicted octanol–water partition coefficient (Wildman–Crippen LogP) is 1.85. The van der Waals surface area contributed by atoms with E-state index in [1.807, 2.05) is 24.0 Å². The number of hydrogen-bond donors (Lipinski definition) is 2. The number of hydrazine groups is 1. The highest BCUT2D eigenvalue weighted by Gasteiger charge is 2.15. The van der Waals surface area contributed by atoms with Gasteiger partial charge in [-0.15, -0.1) is 11.3 Å². The lowest BCUT2D eigenvalue weighted by atomic mass is 10.1. The predicted molar refractivity (Wildman–Crippen MR) is 70.8 cm³/mol. The molecule has 0 fully saturated rings. The molecule has 0 saturated carbocycles. The molecule has 2 aromatic heterocycles. The summed E-state index contributed by atoms with van der Waals surface area (Å²) in [7, 11) is 1.92. The fourth-order valence-corrected chi connectivity index (χ4v) is 2.90. The smallest absolute Gasteiger partial charge is 0.0644 e. The summed E-state index contributed by atoms with van der Waals surface area (Å²) in [6.07, 6.45) is 2.77. The van der Waals surface area contributed by atoms with E-state index < -0.39 is 0 Å². The van der Waals surface area contributed by atoms with E-state index in [4.69, 9.17) is 5.84 Å². The number of hydrogen-bond acceptors (Lipinski definition) is 4. The van der Waals surface area contributed by atoms with Gasteiger partial charge in [0.05, 0.1) is 11.7 Å². The Morgan fingerprint density at radius 3 is 2.76 bits per heavy atom. The van der Waals surface area contributed by atoms with Crippen molar-refractivity contribution in [3.63, 3.8) is 0 Å². The van der Waals surface area contributed by atoms with Crippen molar-refractivity contribution < 1.29 is 0 Å². The third-order valence-corrected chi connectivity index (χ3v) is 4.18. The molecule has 2 rings (SSSR count). The van der Waals surface area contributed by atoms with Crippen LogP contribution in [0.5, 0.6) is 0 Å². The highest BCUT2D eigenvalue weighted by Crippen LogP contribution is 2.27. The van der Waals surface area contributed by atoms with Gasteiger partial charge in [0.2, 0.25) is 0 Å². The minimum Gasteiger partial charge on any atom is -0.276 e. The Morgan fingerprint density at radius 2 is 2.29 bits per heavy atom. The molecular weight excluding hydrogens is 232 g/mol. The molecule has 0 aliphatic rings. The first-order valence-electron chi connectivity index (χ1n) is 5.61. The van der Waals surface area contributed by atoms with Crippen LogP contribution < -0.4 is 11.3 Å². The maximum atomic E-state index is 5.64. The molecular formula is C12H18N4S. The standard InChI is InChI=1S/C12H18N4S/c1-8-6-12(17-9(8)2)11(14-13)7-10-4-5-16(3)15-10/h4-6,11,14H,7,13H2,1-3H3. The Kier molecular flexibility index (Phi) is 3.61. The van der Waals surface area contributed by atoms with Crippen LogP contribution in [-0.2, 0) is 13.5 Å². The monoisotopic (exact) mass is 250 g/mol. The Labute approximate surface area is 105 Å². The Balaban J connectivity index is 2.16. The van der Waals surface area contributed by atoms with Crippen molar-refractivity contribution in [3.05, 3.63) is 39.3 Å². The van der Waals surface area contributed by atoms with E-state index in [2.05, 4.69) is 30.4 Å². The van der Waals surface area contributed by atoms with Crippen LogP contribution in [0.1, 0.15) is 27.1 Å². The van der Waals surface area contributed by atoms with E-state index in [0.717, 1.165) is 12.1 Å². The quantitative estimate of drug-likeness (QED) is 0.643. The highest BCUT2D eigenvalue weighted by molar-refractivity contribution is 7.12. The molecule has 0 bridgehead atoms. The lowest BCUT2D eigenvalue weighted by Gasteiger charge is -2.12. The van der Waals surface area contributed by atoms with Gasteiger partial charge < -0.3 is 0 Å². The van der Waals surface area contributed by atoms with Crippen LogP contribution in [0.3, 0.4) is 0 Å². The molecule has 3 N–H and O–H groups in total. The fraction of sp³-hybridized carbons (Fsp3) is 0.417. The van der Waals surface area contributed by atoms with Gasteiger partial charge in [-0.25, -0.2) is 0 Å². The van der Waals surface area contributed by atoms with Gasteiger partial charge in [-0.05, 0) is 31.5 Å². The second kappa shape index (κ2) is 5.00. The molecule has 17 heavy (non-hydrogen) atoms. The van der Waals surface area contributed by atoms with Crippen LogP contribution in [0.2, 0.25) is 0 Å². The van der Waals surface area contributed by atoms with Crippen LogP contribution in [0.4, 0.5) is 0 Å². The summed E-state index contributed by atoms with van der Waals surface area (Å²) in [4.78, 5) is 2.62. The summed E-state index contributed by atoms with van der Waals surface area (Å²) >= 11 is 1.80. The van der Waals surface area contributed by atoms with Crippen LogP contribution in [0.25, 0.3) is 0 Å². The van der Waals surface area contributed by atoms with Crippen molar-refractivity contribution in [1.29, 1.82) is 0 Å². The molecule has 0 radical (unpaired) electrons. The molecule has 0 aliphatic carbocycles. The van der Waals surface area contributed by atoms with Gasteiger partial charge in [0, 0.05) is 29.4 Å². The molecule has 92 valence electrons. The van der Waals surface area contributed by atoms with Crippen molar-refractivity contribution >= 4 is 11.3 Å². The average molecular weight is 250 g/mol. The third-order valence-electron chi connectivity index (χ3n) is 2.91. The lowest BCUT2D eigenvalue weighted by Crippen LogP contribution is -2.29. The van der Waals surface area contributed by atoms with Crippen molar-refractivity contribution in [3.8, 4) is 0 Å². The largest absolute Gasteiger partial charge is 0.276 e. The number of aromatic nitrogens is 2. The molecule has 0 spiro atoms. The van der Waals surface area contributed by atoms with Crippen LogP contribution in [0.15, 0.2) is 18.3 Å². The maximum absolute atomic E-state index is 5.64. The molecule has 5 heteroatoms. The zero-order valence-electron chi connectivity index (χ0n) is 10.4. The van der Waals surface area contributed by atoms with Crippen molar-refractivity contribution in [1.82, 2.24) is 15.2 Å². The molecule has 1 unspecified atom stereocenters. The average Bonchev–Trinajstić information content (AvgIpc) is 2.83. The Bertz CT molecular complexity index is 481. The second-order valence-corrected chi connectivity index (χ2v) is 5.58. The zero-order chi connectivity index (χ0) is 12.4. The van der Waals surface area contributed by atoms with Crippen molar-refractivity contribution in [2.45, 2.75) is 26.3 Å². The molecule has 0 amide bonds. The SMILES string of the molecule is Cc1cc(C(Cc2ccn(C)n2)NN)sc1C. The summed E-state index contributed by atoms with van der Waals surface area (Å²) < 4.78 is 1.81. The number of nitrogens with zero attached hydrogens (tertiary/aromatic N) is 2. The third kappa shape index (κ3) is 2.74. The normalized spacial score (nSPS) is 12.9. The number of nitrogens with two attached hydrogens (primary N) is 1. The molecule has 2 aromatic rings. The second-order valence-electron chi connectivity index (χ2n) is 4.29. The first-order valence-corrected chi connectivity index (χ1v) is 6.43. The van der Waals surface area contributed by atoms with E-state index in [1.54, 1.807) is 11.3 Å². The Hall–Kier alpha value is -1.17. The van der Waals surface area contributed by atoms with Crippen molar-refractivity contribution in [2.24, 2.45) is 12.9 Å². The molecule has 0 saturated heterocycles. The fourth-order valence-electron chi connectivity index (χ4n) is 1.80. The first kappa shape index (κ1) is 12.3. The number of thiophene rings is 1. The summed E-state index contributed by atoms with van der Waals surface area (Å²) in [6, 6.07) is 4.37. The maximum Gasteiger partial charge on any atom is 0.0644 e. The van der Waals surface area contributed by atoms with Crippen molar-refractivity contribution in [2.75, 3.05) is 0 Å². The van der Waals surface area contributed by atoms with Gasteiger partial charge >= 0.3 is 0 Å². The summed E-state index contributed by atoms with van der Waals surface area (Å²) in [5, 5.41) is 4.38. The summed E-state index contributed by atoms with van der Waals surface area (Å²) in [6.45, 7) is 4.27. The molecule has 0 aliphatic heterocycles. The first-order chi connectivity index (χ1) is 8.10. The topological polar surface area (TPSA) is 55.9 Å². The molecule has 0 aromatic carbocycles. The lowest BCUT2D eigenvalue weighted by molar-refractivity contribution is 0.549. The van der Waals surface area contributed by atoms with E-state index in [-0.39, 0.29) is 6.04 Å². The molecule has 2 heterocycles. The zero-order valence-corrected chi connectivity index (χ0v) is 11.2. The van der Waals surface area contributed by atoms with E-state index in [1.165, 1.54) is 15.3 Å². The van der Waals surface area contributed by atoms with E-state index in [0.29, 0.717) is 0 Å². The van der Waals surface area contributed by atoms with Gasteiger partial charge in [0.25, 0.3) is 0 Å². The van der Waals surface area contributed by atoms with Gasteiger partial charge in [-0.3, -0.25) is 16.0 Å². The van der Waals surface area contributed by atoms with E-state index in [9.17, 15) is 0 Å². The van der Waals surface area contributed by atoms with Gasteiger partial charge in [0.15, 0.2) is 0 Å². The number of aryl methyl sites for hydroxylation is 3. The number of nitrogens with one attached hydrogen (secondary N) is 1.